The minimum atomic E-state index is 0. The predicted molar refractivity (Wildman–Crippen MR) is 50.8 cm³/mol. The normalized spacial score (nSPS) is 9.91. The fourth-order valence-corrected chi connectivity index (χ4v) is 1.11. The molecule has 0 heterocycles. The average molecular weight is 151 g/mol. The summed E-state index contributed by atoms with van der Waals surface area (Å²) in [5, 5.41) is 3.14. The predicted octanol–water partition coefficient (Wildman–Crippen LogP) is 2.08. The molecule has 0 saturated carbocycles. The Hall–Kier alpha value is -0.820. The van der Waals surface area contributed by atoms with Crippen LogP contribution in [0.25, 0.3) is 0 Å². The van der Waals surface area contributed by atoms with Crippen LogP contribution in [0.4, 0.5) is 0 Å². The highest BCUT2D eigenvalue weighted by Crippen LogP contribution is 2.00. The molecule has 0 amide bonds. The smallest absolute Gasteiger partial charge is 0 e. The van der Waals surface area contributed by atoms with Crippen molar-refractivity contribution in [2.75, 3.05) is 13.6 Å². The Morgan fingerprint density at radius 1 is 1.27 bits per heavy atom. The third kappa shape index (κ3) is 3.19. The van der Waals surface area contributed by atoms with E-state index in [1.165, 1.54) is 18.4 Å². The maximum Gasteiger partial charge on any atom is 0 e. The Kier molecular flexibility index (Phi) is 3.70. The van der Waals surface area contributed by atoms with Crippen LogP contribution in [0.5, 0.6) is 0 Å². The number of hydrogen-bond acceptors (Lipinski definition) is 1. The molecule has 1 aromatic rings. The van der Waals surface area contributed by atoms with Crippen LogP contribution in [0.15, 0.2) is 30.3 Å². The van der Waals surface area contributed by atoms with Gasteiger partial charge >= 0.3 is 0 Å². The van der Waals surface area contributed by atoms with Crippen molar-refractivity contribution in [3.8, 4) is 0 Å². The molecular formula is C10H17N. The molecular weight excluding hydrogens is 134 g/mol. The third-order valence-electron chi connectivity index (χ3n) is 1.74. The zero-order valence-corrected chi connectivity index (χ0v) is 7.01. The molecule has 0 spiro atoms. The first-order valence-electron chi connectivity index (χ1n) is 4.12. The molecule has 1 N–H and O–H groups in total. The largest absolute Gasteiger partial charge is 0.320 e. The lowest BCUT2D eigenvalue weighted by molar-refractivity contribution is 0.725. The minimum Gasteiger partial charge on any atom is -0.320 e. The number of rotatable bonds is 4. The summed E-state index contributed by atoms with van der Waals surface area (Å²) in [4.78, 5) is 0. The van der Waals surface area contributed by atoms with Crippen LogP contribution in [0.3, 0.4) is 0 Å². The van der Waals surface area contributed by atoms with Crippen LogP contribution in [-0.4, -0.2) is 13.6 Å². The van der Waals surface area contributed by atoms with E-state index in [1.807, 2.05) is 7.05 Å². The molecule has 0 saturated heterocycles. The summed E-state index contributed by atoms with van der Waals surface area (Å²) in [5.41, 5.74) is 1.43. The fraction of sp³-hybridized carbons (Fsp3) is 0.400. The van der Waals surface area contributed by atoms with Gasteiger partial charge in [0.15, 0.2) is 0 Å². The van der Waals surface area contributed by atoms with Crippen molar-refractivity contribution in [1.82, 2.24) is 5.32 Å². The van der Waals surface area contributed by atoms with E-state index >= 15 is 0 Å². The first-order chi connectivity index (χ1) is 5.43. The van der Waals surface area contributed by atoms with Gasteiger partial charge in [-0.1, -0.05) is 30.3 Å². The molecule has 1 nitrogen and oxygen atoms in total. The molecule has 1 heteroatoms. The summed E-state index contributed by atoms with van der Waals surface area (Å²) in [6.07, 6.45) is 2.40. The quantitative estimate of drug-likeness (QED) is 0.650. The molecule has 0 fully saturated rings. The third-order valence-corrected chi connectivity index (χ3v) is 1.74. The van der Waals surface area contributed by atoms with Crippen LogP contribution < -0.4 is 5.32 Å². The molecule has 11 heavy (non-hydrogen) atoms. The molecule has 0 aliphatic carbocycles. The van der Waals surface area contributed by atoms with Crippen molar-refractivity contribution in [3.05, 3.63) is 35.9 Å². The number of nitrogens with one attached hydrogen (secondary N) is 1. The Labute approximate surface area is 69.9 Å². The molecule has 0 aromatic heterocycles. The van der Waals surface area contributed by atoms with Crippen molar-refractivity contribution >= 4 is 0 Å². The molecule has 0 aliphatic heterocycles. The Morgan fingerprint density at radius 3 is 2.64 bits per heavy atom. The van der Waals surface area contributed by atoms with Crippen LogP contribution in [0, 0.1) is 0 Å². The van der Waals surface area contributed by atoms with Crippen LogP contribution in [0.2, 0.25) is 0 Å². The highest BCUT2D eigenvalue weighted by atomic mass is 14.8. The molecule has 0 atom stereocenters. The van der Waals surface area contributed by atoms with Crippen molar-refractivity contribution in [3.63, 3.8) is 0 Å². The van der Waals surface area contributed by atoms with Gasteiger partial charge < -0.3 is 5.32 Å². The van der Waals surface area contributed by atoms with Gasteiger partial charge in [0.25, 0.3) is 0 Å². The lowest BCUT2D eigenvalue weighted by Gasteiger charge is -1.99. The summed E-state index contributed by atoms with van der Waals surface area (Å²) in [5.74, 6) is 0. The summed E-state index contributed by atoms with van der Waals surface area (Å²) in [6, 6.07) is 10.6. The maximum absolute atomic E-state index is 3.14. The van der Waals surface area contributed by atoms with Gasteiger partial charge in [0, 0.05) is 1.43 Å². The topological polar surface area (TPSA) is 12.0 Å². The first kappa shape index (κ1) is 8.28. The Balaban J connectivity index is 0.00000121. The monoisotopic (exact) mass is 151 g/mol. The first-order valence-corrected chi connectivity index (χ1v) is 4.12. The van der Waals surface area contributed by atoms with E-state index in [0.717, 1.165) is 6.54 Å². The van der Waals surface area contributed by atoms with Gasteiger partial charge in [0.2, 0.25) is 0 Å². The molecule has 0 bridgehead atoms. The average Bonchev–Trinajstić information content (AvgIpc) is 2.07. The van der Waals surface area contributed by atoms with Crippen molar-refractivity contribution in [1.29, 1.82) is 0 Å². The standard InChI is InChI=1S/C10H15N.H2/c1-11-9-5-8-10-6-3-2-4-7-10;/h2-4,6-7,11H,5,8-9H2,1H3;1H. The molecule has 62 valence electrons. The van der Waals surface area contributed by atoms with Gasteiger partial charge in [0.1, 0.15) is 0 Å². The van der Waals surface area contributed by atoms with E-state index in [-0.39, 0.29) is 1.43 Å². The number of aryl methyl sites for hydroxylation is 1. The molecule has 1 aromatic carbocycles. The summed E-state index contributed by atoms with van der Waals surface area (Å²) in [7, 11) is 1.99. The lowest BCUT2D eigenvalue weighted by Crippen LogP contribution is -2.08. The highest BCUT2D eigenvalue weighted by molar-refractivity contribution is 5.14. The van der Waals surface area contributed by atoms with E-state index in [2.05, 4.69) is 35.6 Å². The lowest BCUT2D eigenvalue weighted by atomic mass is 10.1. The SMILES string of the molecule is CNCCCc1ccccc1.[HH]. The van der Waals surface area contributed by atoms with Crippen LogP contribution >= 0.6 is 0 Å². The number of hydrogen-bond donors (Lipinski definition) is 1. The van der Waals surface area contributed by atoms with E-state index in [4.69, 9.17) is 0 Å². The fourth-order valence-electron chi connectivity index (χ4n) is 1.11. The van der Waals surface area contributed by atoms with Crippen molar-refractivity contribution in [2.24, 2.45) is 0 Å². The van der Waals surface area contributed by atoms with Crippen molar-refractivity contribution in [2.45, 2.75) is 12.8 Å². The molecule has 0 unspecified atom stereocenters. The summed E-state index contributed by atoms with van der Waals surface area (Å²) < 4.78 is 0. The van der Waals surface area contributed by atoms with E-state index in [1.54, 1.807) is 0 Å². The molecule has 1 rings (SSSR count). The Morgan fingerprint density at radius 2 is 2.00 bits per heavy atom. The highest BCUT2D eigenvalue weighted by Gasteiger charge is 1.88. The van der Waals surface area contributed by atoms with Gasteiger partial charge in [-0.15, -0.1) is 0 Å². The van der Waals surface area contributed by atoms with E-state index in [0.29, 0.717) is 0 Å². The summed E-state index contributed by atoms with van der Waals surface area (Å²) in [6.45, 7) is 1.11. The molecule has 0 aliphatic rings. The van der Waals surface area contributed by atoms with Crippen LogP contribution in [-0.2, 0) is 6.42 Å². The van der Waals surface area contributed by atoms with E-state index in [9.17, 15) is 0 Å². The zero-order valence-electron chi connectivity index (χ0n) is 7.01. The zero-order chi connectivity index (χ0) is 7.94. The van der Waals surface area contributed by atoms with Crippen molar-refractivity contribution < 1.29 is 1.43 Å². The Bertz CT molecular complexity index is 186. The van der Waals surface area contributed by atoms with Crippen LogP contribution in [0.1, 0.15) is 13.4 Å². The van der Waals surface area contributed by atoms with Gasteiger partial charge in [-0.05, 0) is 32.0 Å². The number of benzene rings is 1. The van der Waals surface area contributed by atoms with Gasteiger partial charge in [0.05, 0.1) is 0 Å². The second-order valence-electron chi connectivity index (χ2n) is 2.69. The minimum absolute atomic E-state index is 0. The summed E-state index contributed by atoms with van der Waals surface area (Å²) >= 11 is 0. The van der Waals surface area contributed by atoms with Gasteiger partial charge in [-0.3, -0.25) is 0 Å². The second kappa shape index (κ2) is 4.91. The maximum atomic E-state index is 3.14. The second-order valence-corrected chi connectivity index (χ2v) is 2.69. The van der Waals surface area contributed by atoms with Gasteiger partial charge in [-0.2, -0.15) is 0 Å². The molecule has 0 radical (unpaired) electrons. The van der Waals surface area contributed by atoms with E-state index < -0.39 is 0 Å². The van der Waals surface area contributed by atoms with Gasteiger partial charge in [-0.25, -0.2) is 0 Å².